The van der Waals surface area contributed by atoms with Crippen LogP contribution in [0.2, 0.25) is 0 Å². The summed E-state index contributed by atoms with van der Waals surface area (Å²) in [6.07, 6.45) is 5.16. The van der Waals surface area contributed by atoms with Crippen LogP contribution < -0.4 is 9.47 Å². The second-order valence-electron chi connectivity index (χ2n) is 6.26. The van der Waals surface area contributed by atoms with Crippen molar-refractivity contribution in [3.05, 3.63) is 53.9 Å². The Balaban J connectivity index is 1.57. The molecule has 130 valence electrons. The summed E-state index contributed by atoms with van der Waals surface area (Å²) in [7, 11) is 1.71. The van der Waals surface area contributed by atoms with Gasteiger partial charge in [0.25, 0.3) is 5.91 Å². The van der Waals surface area contributed by atoms with E-state index in [1.54, 1.807) is 37.7 Å². The van der Waals surface area contributed by atoms with Crippen LogP contribution in [0.4, 0.5) is 0 Å². The zero-order chi connectivity index (χ0) is 17.2. The fraction of sp³-hybridized carbons (Fsp3) is 0.368. The summed E-state index contributed by atoms with van der Waals surface area (Å²) >= 11 is 0. The molecule has 1 aromatic carbocycles. The van der Waals surface area contributed by atoms with Gasteiger partial charge in [-0.15, -0.1) is 0 Å². The number of methoxy groups -OCH3 is 1. The van der Waals surface area contributed by atoms with Crippen LogP contribution in [-0.2, 0) is 11.2 Å². The van der Waals surface area contributed by atoms with Gasteiger partial charge in [0.1, 0.15) is 0 Å². The third kappa shape index (κ3) is 3.05. The molecule has 1 amide bonds. The lowest BCUT2D eigenvalue weighted by atomic mass is 10.0. The number of nitrogens with zero attached hydrogens (tertiary/aromatic N) is 2. The lowest BCUT2D eigenvalue weighted by molar-refractivity contribution is 0.0508. The predicted molar refractivity (Wildman–Crippen MR) is 90.7 cm³/mol. The van der Waals surface area contributed by atoms with Gasteiger partial charge in [-0.05, 0) is 48.7 Å². The summed E-state index contributed by atoms with van der Waals surface area (Å²) in [4.78, 5) is 19.0. The molecule has 2 aliphatic heterocycles. The molecule has 0 unspecified atom stereocenters. The number of ether oxygens (including phenoxy) is 3. The number of pyridine rings is 1. The minimum Gasteiger partial charge on any atom is -0.454 e. The third-order valence-electron chi connectivity index (χ3n) is 4.86. The molecule has 2 aliphatic rings. The molecule has 6 heteroatoms. The zero-order valence-electron chi connectivity index (χ0n) is 14.1. The van der Waals surface area contributed by atoms with Crippen molar-refractivity contribution < 1.29 is 19.0 Å². The molecule has 0 spiro atoms. The van der Waals surface area contributed by atoms with Gasteiger partial charge in [0.05, 0.1) is 12.1 Å². The van der Waals surface area contributed by atoms with E-state index in [9.17, 15) is 4.79 Å². The van der Waals surface area contributed by atoms with Gasteiger partial charge in [0.2, 0.25) is 6.79 Å². The first-order chi connectivity index (χ1) is 12.3. The molecule has 0 radical (unpaired) electrons. The molecule has 1 fully saturated rings. The molecule has 6 nitrogen and oxygen atoms in total. The highest BCUT2D eigenvalue weighted by molar-refractivity contribution is 5.95. The second-order valence-corrected chi connectivity index (χ2v) is 6.26. The standard InChI is InChI=1S/C19H20N2O4/c1-23-16-6-9-21(15(16)10-13-4-7-20-8-5-13)19(22)14-2-3-17-18(11-14)25-12-24-17/h2-5,7-8,11,15-16H,6,9-10,12H2,1H3/t15-,16-/m0/s1. The largest absolute Gasteiger partial charge is 0.454 e. The van der Waals surface area contributed by atoms with Crippen molar-refractivity contribution in [2.75, 3.05) is 20.4 Å². The van der Waals surface area contributed by atoms with Gasteiger partial charge in [-0.25, -0.2) is 0 Å². The Bertz CT molecular complexity index is 765. The average Bonchev–Trinajstić information content (AvgIpc) is 3.28. The van der Waals surface area contributed by atoms with E-state index in [4.69, 9.17) is 14.2 Å². The van der Waals surface area contributed by atoms with E-state index in [2.05, 4.69) is 4.98 Å². The van der Waals surface area contributed by atoms with Gasteiger partial charge in [0.15, 0.2) is 11.5 Å². The highest BCUT2D eigenvalue weighted by Gasteiger charge is 2.37. The Labute approximate surface area is 146 Å². The molecular formula is C19H20N2O4. The van der Waals surface area contributed by atoms with Crippen molar-refractivity contribution >= 4 is 5.91 Å². The molecule has 3 heterocycles. The molecule has 2 atom stereocenters. The number of carbonyl (C=O) groups excluding carboxylic acids is 1. The number of carbonyl (C=O) groups is 1. The topological polar surface area (TPSA) is 60.9 Å². The fourth-order valence-corrected chi connectivity index (χ4v) is 3.55. The minimum atomic E-state index is -0.00286. The first-order valence-corrected chi connectivity index (χ1v) is 8.38. The van der Waals surface area contributed by atoms with Crippen molar-refractivity contribution in [2.45, 2.75) is 25.0 Å². The summed E-state index contributed by atoms with van der Waals surface area (Å²) in [5.41, 5.74) is 1.76. The summed E-state index contributed by atoms with van der Waals surface area (Å²) in [6, 6.07) is 9.30. The Morgan fingerprint density at radius 3 is 2.84 bits per heavy atom. The van der Waals surface area contributed by atoms with E-state index >= 15 is 0 Å². The average molecular weight is 340 g/mol. The number of amides is 1. The van der Waals surface area contributed by atoms with Crippen LogP contribution >= 0.6 is 0 Å². The van der Waals surface area contributed by atoms with E-state index in [1.165, 1.54) is 0 Å². The monoisotopic (exact) mass is 340 g/mol. The van der Waals surface area contributed by atoms with E-state index < -0.39 is 0 Å². The number of hydrogen-bond donors (Lipinski definition) is 0. The summed E-state index contributed by atoms with van der Waals surface area (Å²) in [5.74, 6) is 1.30. The number of hydrogen-bond acceptors (Lipinski definition) is 5. The van der Waals surface area contributed by atoms with Crippen LogP contribution in [0.1, 0.15) is 22.3 Å². The Morgan fingerprint density at radius 1 is 1.24 bits per heavy atom. The van der Waals surface area contributed by atoms with Crippen LogP contribution in [0.25, 0.3) is 0 Å². The van der Waals surface area contributed by atoms with Crippen LogP contribution in [0, 0.1) is 0 Å². The number of aromatic nitrogens is 1. The number of benzene rings is 1. The lowest BCUT2D eigenvalue weighted by Gasteiger charge is -2.28. The summed E-state index contributed by atoms with van der Waals surface area (Å²) in [6.45, 7) is 0.884. The molecule has 2 aromatic rings. The van der Waals surface area contributed by atoms with Crippen molar-refractivity contribution in [2.24, 2.45) is 0 Å². The Morgan fingerprint density at radius 2 is 2.04 bits per heavy atom. The molecule has 0 saturated carbocycles. The fourth-order valence-electron chi connectivity index (χ4n) is 3.55. The van der Waals surface area contributed by atoms with E-state index in [1.807, 2.05) is 17.0 Å². The van der Waals surface area contributed by atoms with E-state index in [0.717, 1.165) is 18.4 Å². The second kappa shape index (κ2) is 6.72. The van der Waals surface area contributed by atoms with Gasteiger partial charge < -0.3 is 19.1 Å². The van der Waals surface area contributed by atoms with Gasteiger partial charge in [-0.2, -0.15) is 0 Å². The van der Waals surface area contributed by atoms with E-state index in [0.29, 0.717) is 23.6 Å². The van der Waals surface area contributed by atoms with Crippen molar-refractivity contribution in [3.8, 4) is 11.5 Å². The molecule has 1 aromatic heterocycles. The van der Waals surface area contributed by atoms with Crippen LogP contribution in [-0.4, -0.2) is 48.4 Å². The van der Waals surface area contributed by atoms with Crippen LogP contribution in [0.15, 0.2) is 42.7 Å². The number of likely N-dealkylation sites (tertiary alicyclic amines) is 1. The van der Waals surface area contributed by atoms with Gasteiger partial charge in [0, 0.05) is 31.6 Å². The Hall–Kier alpha value is -2.60. The molecule has 0 bridgehead atoms. The van der Waals surface area contributed by atoms with Crippen molar-refractivity contribution in [3.63, 3.8) is 0 Å². The zero-order valence-corrected chi connectivity index (χ0v) is 14.1. The lowest BCUT2D eigenvalue weighted by Crippen LogP contribution is -2.41. The SMILES string of the molecule is CO[C@H]1CCN(C(=O)c2ccc3c(c2)OCO3)[C@H]1Cc1ccncc1. The molecule has 0 aliphatic carbocycles. The van der Waals surface area contributed by atoms with Crippen molar-refractivity contribution in [1.29, 1.82) is 0 Å². The molecule has 4 rings (SSSR count). The number of rotatable bonds is 4. The van der Waals surface area contributed by atoms with Gasteiger partial charge >= 0.3 is 0 Å². The quantitative estimate of drug-likeness (QED) is 0.854. The molecule has 1 saturated heterocycles. The number of fused-ring (bicyclic) bond motifs is 1. The smallest absolute Gasteiger partial charge is 0.254 e. The first-order valence-electron chi connectivity index (χ1n) is 8.38. The minimum absolute atomic E-state index is 0.00286. The maximum Gasteiger partial charge on any atom is 0.254 e. The van der Waals surface area contributed by atoms with Crippen LogP contribution in [0.3, 0.4) is 0 Å². The highest BCUT2D eigenvalue weighted by atomic mass is 16.7. The van der Waals surface area contributed by atoms with Crippen LogP contribution in [0.5, 0.6) is 11.5 Å². The maximum atomic E-state index is 13.1. The summed E-state index contributed by atoms with van der Waals surface area (Å²) < 4.78 is 16.3. The highest BCUT2D eigenvalue weighted by Crippen LogP contribution is 2.34. The first kappa shape index (κ1) is 15.9. The normalized spacial score (nSPS) is 21.6. The third-order valence-corrected chi connectivity index (χ3v) is 4.86. The maximum absolute atomic E-state index is 13.1. The van der Waals surface area contributed by atoms with E-state index in [-0.39, 0.29) is 24.8 Å². The molecule has 25 heavy (non-hydrogen) atoms. The molecular weight excluding hydrogens is 320 g/mol. The van der Waals surface area contributed by atoms with Gasteiger partial charge in [-0.1, -0.05) is 0 Å². The Kier molecular flexibility index (Phi) is 4.28. The van der Waals surface area contributed by atoms with Crippen molar-refractivity contribution in [1.82, 2.24) is 9.88 Å². The molecule has 0 N–H and O–H groups in total. The predicted octanol–water partition coefficient (Wildman–Crippen LogP) is 2.28. The summed E-state index contributed by atoms with van der Waals surface area (Å²) in [5, 5.41) is 0. The van der Waals surface area contributed by atoms with Gasteiger partial charge in [-0.3, -0.25) is 9.78 Å².